The smallest absolute Gasteiger partial charge is 0.341 e. The molecule has 0 amide bonds. The molecule has 0 atom stereocenters. The highest BCUT2D eigenvalue weighted by molar-refractivity contribution is 9.13. The van der Waals surface area contributed by atoms with E-state index in [1.54, 1.807) is 0 Å². The molecule has 1 rings (SSSR count). The van der Waals surface area contributed by atoms with Gasteiger partial charge in [0.25, 0.3) is 0 Å². The maximum absolute atomic E-state index is 11.1. The van der Waals surface area contributed by atoms with Crippen molar-refractivity contribution in [3.05, 3.63) is 19.2 Å². The van der Waals surface area contributed by atoms with Crippen molar-refractivity contribution in [1.29, 1.82) is 0 Å². The molecule has 1 aromatic heterocycles. The standard InChI is InChI=1S/C6H4Br3NO2/c1-12-6(11)2-3(7)5(9)10-4(2)8/h10H,1H3. The number of nitrogens with one attached hydrogen (secondary N) is 1. The molecule has 0 saturated carbocycles. The molecule has 1 aromatic rings. The van der Waals surface area contributed by atoms with Gasteiger partial charge in [-0.2, -0.15) is 0 Å². The van der Waals surface area contributed by atoms with E-state index in [1.807, 2.05) is 0 Å². The van der Waals surface area contributed by atoms with Gasteiger partial charge in [0.15, 0.2) is 0 Å². The van der Waals surface area contributed by atoms with Crippen LogP contribution in [0, 0.1) is 0 Å². The fraction of sp³-hybridized carbons (Fsp3) is 0.167. The van der Waals surface area contributed by atoms with Crippen molar-refractivity contribution in [1.82, 2.24) is 4.98 Å². The van der Waals surface area contributed by atoms with E-state index in [1.165, 1.54) is 7.11 Å². The van der Waals surface area contributed by atoms with Gasteiger partial charge in [-0.1, -0.05) is 0 Å². The highest BCUT2D eigenvalue weighted by atomic mass is 79.9. The summed E-state index contributed by atoms with van der Waals surface area (Å²) in [6.07, 6.45) is 0. The van der Waals surface area contributed by atoms with E-state index >= 15 is 0 Å². The number of ether oxygens (including phenoxy) is 1. The second-order valence-electron chi connectivity index (χ2n) is 1.93. The Morgan fingerprint density at radius 3 is 2.25 bits per heavy atom. The highest BCUT2D eigenvalue weighted by Crippen LogP contribution is 2.32. The summed E-state index contributed by atoms with van der Waals surface area (Å²) >= 11 is 9.65. The number of hydrogen-bond acceptors (Lipinski definition) is 2. The minimum atomic E-state index is -0.393. The predicted octanol–water partition coefficient (Wildman–Crippen LogP) is 3.09. The lowest BCUT2D eigenvalue weighted by Gasteiger charge is -1.96. The molecule has 0 fully saturated rings. The molecule has 3 nitrogen and oxygen atoms in total. The first kappa shape index (κ1) is 10.3. The molecular formula is C6H4Br3NO2. The van der Waals surface area contributed by atoms with Crippen molar-refractivity contribution in [3.8, 4) is 0 Å². The van der Waals surface area contributed by atoms with E-state index in [-0.39, 0.29) is 0 Å². The molecule has 1 N–H and O–H groups in total. The van der Waals surface area contributed by atoms with Crippen LogP contribution in [0.2, 0.25) is 0 Å². The van der Waals surface area contributed by atoms with E-state index in [2.05, 4.69) is 57.5 Å². The summed E-state index contributed by atoms with van der Waals surface area (Å²) in [5, 5.41) is 0. The van der Waals surface area contributed by atoms with Crippen molar-refractivity contribution in [2.75, 3.05) is 7.11 Å². The molecule has 6 heteroatoms. The Kier molecular flexibility index (Phi) is 3.37. The second-order valence-corrected chi connectivity index (χ2v) is 4.31. The first-order valence-corrected chi connectivity index (χ1v) is 5.26. The van der Waals surface area contributed by atoms with Gasteiger partial charge in [-0.3, -0.25) is 0 Å². The van der Waals surface area contributed by atoms with Gasteiger partial charge in [0.2, 0.25) is 0 Å². The van der Waals surface area contributed by atoms with Crippen LogP contribution in [0.5, 0.6) is 0 Å². The lowest BCUT2D eigenvalue weighted by atomic mass is 10.3. The van der Waals surface area contributed by atoms with Crippen LogP contribution >= 0.6 is 47.8 Å². The monoisotopic (exact) mass is 359 g/mol. The molecule has 0 saturated heterocycles. The Bertz CT molecular complexity index is 321. The normalized spacial score (nSPS) is 10.0. The van der Waals surface area contributed by atoms with Gasteiger partial charge in [0.1, 0.15) is 5.56 Å². The molecule has 0 bridgehead atoms. The number of methoxy groups -OCH3 is 1. The van der Waals surface area contributed by atoms with Crippen LogP contribution in [0.25, 0.3) is 0 Å². The van der Waals surface area contributed by atoms with Gasteiger partial charge in [-0.25, -0.2) is 4.79 Å². The second kappa shape index (κ2) is 3.93. The number of halogens is 3. The average molecular weight is 362 g/mol. The fourth-order valence-electron chi connectivity index (χ4n) is 0.701. The van der Waals surface area contributed by atoms with Gasteiger partial charge in [-0.05, 0) is 47.8 Å². The minimum Gasteiger partial charge on any atom is -0.465 e. The lowest BCUT2D eigenvalue weighted by Crippen LogP contribution is -2.00. The Hall–Kier alpha value is 0.190. The molecule has 66 valence electrons. The number of carbonyl (C=O) groups excluding carboxylic acids is 1. The van der Waals surface area contributed by atoms with Crippen LogP contribution in [0.1, 0.15) is 10.4 Å². The van der Waals surface area contributed by atoms with Crippen LogP contribution in [0.3, 0.4) is 0 Å². The Labute approximate surface area is 94.2 Å². The third-order valence-electron chi connectivity index (χ3n) is 1.24. The molecule has 0 aliphatic rings. The molecule has 0 aliphatic carbocycles. The van der Waals surface area contributed by atoms with Gasteiger partial charge >= 0.3 is 5.97 Å². The third-order valence-corrected chi connectivity index (χ3v) is 3.76. The predicted molar refractivity (Wildman–Crippen MR) is 55.2 cm³/mol. The number of aromatic amines is 1. The fourth-order valence-corrected chi connectivity index (χ4v) is 2.65. The van der Waals surface area contributed by atoms with E-state index in [4.69, 9.17) is 0 Å². The molecule has 0 unspecified atom stereocenters. The van der Waals surface area contributed by atoms with Crippen LogP contribution in [-0.2, 0) is 4.74 Å². The Morgan fingerprint density at radius 2 is 1.92 bits per heavy atom. The molecule has 0 radical (unpaired) electrons. The summed E-state index contributed by atoms with van der Waals surface area (Å²) in [6, 6.07) is 0. The zero-order valence-corrected chi connectivity index (χ0v) is 10.7. The number of H-pyrrole nitrogens is 1. The summed E-state index contributed by atoms with van der Waals surface area (Å²) in [5.74, 6) is -0.393. The maximum Gasteiger partial charge on any atom is 0.341 e. The highest BCUT2D eigenvalue weighted by Gasteiger charge is 2.19. The number of aromatic nitrogens is 1. The summed E-state index contributed by atoms with van der Waals surface area (Å²) in [7, 11) is 1.34. The molecule has 0 spiro atoms. The third kappa shape index (κ3) is 1.75. The van der Waals surface area contributed by atoms with E-state index < -0.39 is 5.97 Å². The lowest BCUT2D eigenvalue weighted by molar-refractivity contribution is 0.0599. The molecule has 12 heavy (non-hydrogen) atoms. The van der Waals surface area contributed by atoms with Gasteiger partial charge in [0.05, 0.1) is 20.8 Å². The minimum absolute atomic E-state index is 0.393. The topological polar surface area (TPSA) is 42.1 Å². The van der Waals surface area contributed by atoms with E-state index in [0.29, 0.717) is 19.2 Å². The number of rotatable bonds is 1. The van der Waals surface area contributed by atoms with Crippen LogP contribution < -0.4 is 0 Å². The summed E-state index contributed by atoms with van der Waals surface area (Å²) in [4.78, 5) is 14.0. The van der Waals surface area contributed by atoms with Gasteiger partial charge < -0.3 is 9.72 Å². The first-order chi connectivity index (χ1) is 5.57. The Morgan fingerprint density at radius 1 is 1.33 bits per heavy atom. The number of esters is 1. The van der Waals surface area contributed by atoms with Gasteiger partial charge in [0, 0.05) is 0 Å². The summed E-state index contributed by atoms with van der Waals surface area (Å²) < 4.78 is 6.52. The summed E-state index contributed by atoms with van der Waals surface area (Å²) in [5.41, 5.74) is 0.448. The SMILES string of the molecule is COC(=O)c1c(Br)[nH]c(Br)c1Br. The van der Waals surface area contributed by atoms with Crippen molar-refractivity contribution >= 4 is 53.8 Å². The first-order valence-electron chi connectivity index (χ1n) is 2.88. The van der Waals surface area contributed by atoms with Crippen LogP contribution in [-0.4, -0.2) is 18.1 Å². The van der Waals surface area contributed by atoms with Crippen LogP contribution in [0.4, 0.5) is 0 Å². The zero-order valence-electron chi connectivity index (χ0n) is 5.95. The number of carbonyl (C=O) groups is 1. The van der Waals surface area contributed by atoms with Crippen molar-refractivity contribution < 1.29 is 9.53 Å². The van der Waals surface area contributed by atoms with Crippen LogP contribution in [0.15, 0.2) is 13.7 Å². The van der Waals surface area contributed by atoms with Crippen molar-refractivity contribution in [2.24, 2.45) is 0 Å². The summed E-state index contributed by atoms with van der Waals surface area (Å²) in [6.45, 7) is 0. The molecule has 0 aromatic carbocycles. The van der Waals surface area contributed by atoms with E-state index in [9.17, 15) is 4.79 Å². The zero-order chi connectivity index (χ0) is 9.30. The molecule has 0 aliphatic heterocycles. The maximum atomic E-state index is 11.1. The quantitative estimate of drug-likeness (QED) is 0.781. The van der Waals surface area contributed by atoms with Crippen molar-refractivity contribution in [3.63, 3.8) is 0 Å². The number of hydrogen-bond donors (Lipinski definition) is 1. The van der Waals surface area contributed by atoms with Gasteiger partial charge in [-0.15, -0.1) is 0 Å². The largest absolute Gasteiger partial charge is 0.465 e. The van der Waals surface area contributed by atoms with E-state index in [0.717, 1.165) is 0 Å². The molecular weight excluding hydrogens is 358 g/mol. The Balaban J connectivity index is 3.22. The molecule has 1 heterocycles. The van der Waals surface area contributed by atoms with Crippen molar-refractivity contribution in [2.45, 2.75) is 0 Å². The average Bonchev–Trinajstić information content (AvgIpc) is 2.26.